The van der Waals surface area contributed by atoms with Crippen LogP contribution in [0.15, 0.2) is 0 Å². The zero-order valence-electron chi connectivity index (χ0n) is 4.36. The van der Waals surface area contributed by atoms with Crippen molar-refractivity contribution >= 4 is 0 Å². The van der Waals surface area contributed by atoms with Crippen LogP contribution in [0.25, 0.3) is 0 Å². The molecule has 0 nitrogen and oxygen atoms in total. The van der Waals surface area contributed by atoms with Crippen molar-refractivity contribution in [3.8, 4) is 0 Å². The Labute approximate surface area is 43.7 Å². The first-order valence-electron chi connectivity index (χ1n) is 2.78. The topological polar surface area (TPSA) is 0 Å². The lowest BCUT2D eigenvalue weighted by atomic mass is 10.1. The molecule has 41 valence electrons. The molecule has 1 rings (SSSR count). The highest BCUT2D eigenvalue weighted by molar-refractivity contribution is 4.77. The molecular weight excluding hydrogens is 91.1 g/mol. The van der Waals surface area contributed by atoms with Gasteiger partial charge in [-0.2, -0.15) is 0 Å². The predicted octanol–water partition coefficient (Wildman–Crippen LogP) is 1.96. The van der Waals surface area contributed by atoms with Crippen molar-refractivity contribution in [2.24, 2.45) is 5.92 Å². The van der Waals surface area contributed by atoms with Gasteiger partial charge in [0.1, 0.15) is 6.17 Å². The fraction of sp³-hybridized carbons (Fsp3) is 0.833. The van der Waals surface area contributed by atoms with E-state index in [4.69, 9.17) is 0 Å². The normalized spacial score (nSPS) is 42.0. The van der Waals surface area contributed by atoms with Crippen molar-refractivity contribution in [1.82, 2.24) is 0 Å². The molecule has 7 heavy (non-hydrogen) atoms. The molecule has 2 atom stereocenters. The zero-order valence-corrected chi connectivity index (χ0v) is 4.36. The first-order valence-corrected chi connectivity index (χ1v) is 2.78. The van der Waals surface area contributed by atoms with Crippen molar-refractivity contribution in [2.45, 2.75) is 25.4 Å². The van der Waals surface area contributed by atoms with Crippen molar-refractivity contribution in [3.05, 3.63) is 6.92 Å². The molecule has 1 heteroatoms. The summed E-state index contributed by atoms with van der Waals surface area (Å²) in [6.45, 7) is 3.64. The van der Waals surface area contributed by atoms with Crippen LogP contribution in [-0.2, 0) is 0 Å². The maximum Gasteiger partial charge on any atom is 0.103 e. The fourth-order valence-corrected chi connectivity index (χ4v) is 0.992. The van der Waals surface area contributed by atoms with Crippen molar-refractivity contribution in [3.63, 3.8) is 0 Å². The van der Waals surface area contributed by atoms with Gasteiger partial charge >= 0.3 is 0 Å². The summed E-state index contributed by atoms with van der Waals surface area (Å²) in [6, 6.07) is 0. The molecule has 1 aliphatic rings. The van der Waals surface area contributed by atoms with E-state index in [1.54, 1.807) is 0 Å². The molecule has 0 spiro atoms. The third kappa shape index (κ3) is 0.929. The zero-order chi connectivity index (χ0) is 5.28. The quantitative estimate of drug-likeness (QED) is 0.437. The Hall–Kier alpha value is -0.0700. The largest absolute Gasteiger partial charge is 0.247 e. The molecule has 0 heterocycles. The fourth-order valence-electron chi connectivity index (χ4n) is 0.992. The molecule has 0 aromatic rings. The van der Waals surface area contributed by atoms with Gasteiger partial charge in [0.25, 0.3) is 0 Å². The van der Waals surface area contributed by atoms with Gasteiger partial charge < -0.3 is 0 Å². The second-order valence-corrected chi connectivity index (χ2v) is 2.21. The Morgan fingerprint density at radius 2 is 2.14 bits per heavy atom. The Morgan fingerprint density at radius 3 is 2.29 bits per heavy atom. The standard InChI is InChI=1S/C6H10F/c1-5-3-2-4-6(5)7/h5-6H,1-4H2. The summed E-state index contributed by atoms with van der Waals surface area (Å²) >= 11 is 0. The van der Waals surface area contributed by atoms with Crippen LogP contribution in [0.1, 0.15) is 19.3 Å². The number of alkyl halides is 1. The van der Waals surface area contributed by atoms with E-state index in [-0.39, 0.29) is 5.92 Å². The third-order valence-electron chi connectivity index (χ3n) is 1.57. The second kappa shape index (κ2) is 1.81. The molecule has 1 fully saturated rings. The minimum atomic E-state index is -0.597. The van der Waals surface area contributed by atoms with Gasteiger partial charge in [-0.05, 0) is 25.7 Å². The van der Waals surface area contributed by atoms with Crippen molar-refractivity contribution in [1.29, 1.82) is 0 Å². The van der Waals surface area contributed by atoms with Gasteiger partial charge in [-0.15, -0.1) is 0 Å². The first-order chi connectivity index (χ1) is 3.30. The SMILES string of the molecule is [CH2]C1CCCC1F. The van der Waals surface area contributed by atoms with Crippen LogP contribution in [0, 0.1) is 12.8 Å². The maximum atomic E-state index is 12.3. The molecular formula is C6H10F. The van der Waals surface area contributed by atoms with Gasteiger partial charge in [0.15, 0.2) is 0 Å². The van der Waals surface area contributed by atoms with Crippen LogP contribution in [0.3, 0.4) is 0 Å². The van der Waals surface area contributed by atoms with Gasteiger partial charge in [-0.3, -0.25) is 0 Å². The minimum Gasteiger partial charge on any atom is -0.247 e. The Morgan fingerprint density at radius 1 is 1.43 bits per heavy atom. The molecule has 0 bridgehead atoms. The monoisotopic (exact) mass is 101 g/mol. The van der Waals surface area contributed by atoms with Crippen molar-refractivity contribution in [2.75, 3.05) is 0 Å². The molecule has 1 radical (unpaired) electrons. The Balaban J connectivity index is 2.33. The summed E-state index contributed by atoms with van der Waals surface area (Å²) < 4.78 is 12.3. The van der Waals surface area contributed by atoms with Crippen molar-refractivity contribution < 1.29 is 4.39 Å². The molecule has 0 aromatic carbocycles. The highest BCUT2D eigenvalue weighted by Crippen LogP contribution is 2.26. The lowest BCUT2D eigenvalue weighted by molar-refractivity contribution is 0.295. The second-order valence-electron chi connectivity index (χ2n) is 2.21. The van der Waals surface area contributed by atoms with Crippen LogP contribution >= 0.6 is 0 Å². The van der Waals surface area contributed by atoms with Gasteiger partial charge in [-0.25, -0.2) is 4.39 Å². The number of hydrogen-bond donors (Lipinski definition) is 0. The lowest BCUT2D eigenvalue weighted by Gasteiger charge is -2.00. The van der Waals surface area contributed by atoms with Crippen LogP contribution in [0.5, 0.6) is 0 Å². The molecule has 1 saturated carbocycles. The summed E-state index contributed by atoms with van der Waals surface area (Å²) in [6.07, 6.45) is 2.17. The number of hydrogen-bond acceptors (Lipinski definition) is 0. The summed E-state index contributed by atoms with van der Waals surface area (Å²) in [5, 5.41) is 0. The van der Waals surface area contributed by atoms with E-state index in [0.717, 1.165) is 19.3 Å². The van der Waals surface area contributed by atoms with E-state index in [0.29, 0.717) is 0 Å². The molecule has 0 N–H and O–H groups in total. The maximum absolute atomic E-state index is 12.3. The van der Waals surface area contributed by atoms with Crippen LogP contribution in [0.4, 0.5) is 4.39 Å². The van der Waals surface area contributed by atoms with E-state index in [1.807, 2.05) is 0 Å². The molecule has 0 amide bonds. The summed E-state index contributed by atoms with van der Waals surface area (Å²) in [7, 11) is 0. The molecule has 0 aromatic heterocycles. The molecule has 0 aliphatic heterocycles. The van der Waals surface area contributed by atoms with Gasteiger partial charge in [0.2, 0.25) is 0 Å². The van der Waals surface area contributed by atoms with E-state index < -0.39 is 6.17 Å². The van der Waals surface area contributed by atoms with E-state index in [1.165, 1.54) is 0 Å². The average molecular weight is 101 g/mol. The minimum absolute atomic E-state index is 0.0972. The first kappa shape index (κ1) is 5.07. The number of halogens is 1. The predicted molar refractivity (Wildman–Crippen MR) is 27.6 cm³/mol. The third-order valence-corrected chi connectivity index (χ3v) is 1.57. The van der Waals surface area contributed by atoms with Crippen LogP contribution < -0.4 is 0 Å². The van der Waals surface area contributed by atoms with Crippen LogP contribution in [-0.4, -0.2) is 6.17 Å². The van der Waals surface area contributed by atoms with Gasteiger partial charge in [0, 0.05) is 0 Å². The summed E-state index contributed by atoms with van der Waals surface area (Å²) in [5.41, 5.74) is 0. The van der Waals surface area contributed by atoms with Gasteiger partial charge in [-0.1, -0.05) is 6.42 Å². The van der Waals surface area contributed by atoms with E-state index in [9.17, 15) is 4.39 Å². The molecule has 1 aliphatic carbocycles. The highest BCUT2D eigenvalue weighted by Gasteiger charge is 2.21. The van der Waals surface area contributed by atoms with Gasteiger partial charge in [0.05, 0.1) is 0 Å². The Bertz CT molecular complexity index is 53.2. The van der Waals surface area contributed by atoms with E-state index >= 15 is 0 Å². The van der Waals surface area contributed by atoms with E-state index in [2.05, 4.69) is 6.92 Å². The average Bonchev–Trinajstić information content (AvgIpc) is 1.91. The lowest BCUT2D eigenvalue weighted by Crippen LogP contribution is -2.01. The summed E-state index contributed by atoms with van der Waals surface area (Å²) in [5.74, 6) is 0.0972. The smallest absolute Gasteiger partial charge is 0.103 e. The highest BCUT2D eigenvalue weighted by atomic mass is 19.1. The number of rotatable bonds is 0. The molecule has 2 unspecified atom stereocenters. The van der Waals surface area contributed by atoms with Crippen LogP contribution in [0.2, 0.25) is 0 Å². The summed E-state index contributed by atoms with van der Waals surface area (Å²) in [4.78, 5) is 0. The molecule has 0 saturated heterocycles. The Kier molecular flexibility index (Phi) is 1.31.